The van der Waals surface area contributed by atoms with E-state index >= 15 is 0 Å². The van der Waals surface area contributed by atoms with Crippen LogP contribution < -0.4 is 19.5 Å². The van der Waals surface area contributed by atoms with Gasteiger partial charge < -0.3 is 19.5 Å². The summed E-state index contributed by atoms with van der Waals surface area (Å²) in [4.78, 5) is 20.9. The van der Waals surface area contributed by atoms with Crippen LogP contribution in [-0.2, 0) is 0 Å². The summed E-state index contributed by atoms with van der Waals surface area (Å²) in [5.74, 6) is -1.96. The highest BCUT2D eigenvalue weighted by Gasteiger charge is 2.26. The molecule has 0 saturated heterocycles. The highest BCUT2D eigenvalue weighted by molar-refractivity contribution is 6.06. The number of rotatable bonds is 7. The van der Waals surface area contributed by atoms with Crippen LogP contribution in [0.2, 0.25) is 0 Å². The highest BCUT2D eigenvalue weighted by Crippen LogP contribution is 2.35. The second-order valence-electron chi connectivity index (χ2n) is 7.71. The van der Waals surface area contributed by atoms with E-state index < -0.39 is 23.3 Å². The first-order valence-corrected chi connectivity index (χ1v) is 10.5. The van der Waals surface area contributed by atoms with Gasteiger partial charge in [-0.05, 0) is 37.1 Å². The molecule has 4 aromatic rings. The van der Waals surface area contributed by atoms with Crippen molar-refractivity contribution in [3.8, 4) is 23.0 Å². The Morgan fingerprint density at radius 1 is 1.03 bits per heavy atom. The lowest BCUT2D eigenvalue weighted by Crippen LogP contribution is -2.15. The molecule has 1 amide bonds. The standard InChI is InChI=1S/C25H19F2N3O4/c1-32-16-4-5-17-21(12-16)29-9-7-22(17)34-24-19(26)10-14(11-20(24)27)30-25(31)18-13-28-8-6-23(18)33-15-2-3-15/h4-13,15H,2-3H2,1H3,(H,30,31). The number of carbonyl (C=O) groups is 1. The molecule has 0 radical (unpaired) electrons. The molecule has 0 bridgehead atoms. The van der Waals surface area contributed by atoms with Crippen LogP contribution in [0.4, 0.5) is 14.5 Å². The molecule has 0 atom stereocenters. The summed E-state index contributed by atoms with van der Waals surface area (Å²) in [7, 11) is 1.53. The van der Waals surface area contributed by atoms with Crippen molar-refractivity contribution in [3.63, 3.8) is 0 Å². The number of nitrogens with zero attached hydrogens (tertiary/aromatic N) is 2. The predicted octanol–water partition coefficient (Wildman–Crippen LogP) is 5.50. The quantitative estimate of drug-likeness (QED) is 0.390. The number of benzene rings is 2. The summed E-state index contributed by atoms with van der Waals surface area (Å²) >= 11 is 0. The minimum absolute atomic E-state index is 0.0714. The van der Waals surface area contributed by atoms with Crippen molar-refractivity contribution >= 4 is 22.5 Å². The molecule has 1 aliphatic carbocycles. The normalized spacial score (nSPS) is 12.9. The fraction of sp³-hybridized carbons (Fsp3) is 0.160. The Balaban J connectivity index is 1.39. The number of halogens is 2. The summed E-state index contributed by atoms with van der Waals surface area (Å²) in [6, 6.07) is 10.1. The molecule has 0 spiro atoms. The van der Waals surface area contributed by atoms with Crippen LogP contribution in [0.3, 0.4) is 0 Å². The van der Waals surface area contributed by atoms with E-state index in [0.717, 1.165) is 25.0 Å². The number of methoxy groups -OCH3 is 1. The van der Waals surface area contributed by atoms with Gasteiger partial charge >= 0.3 is 0 Å². The van der Waals surface area contributed by atoms with Gasteiger partial charge in [-0.15, -0.1) is 0 Å². The molecule has 2 aromatic carbocycles. The maximum absolute atomic E-state index is 14.8. The number of anilines is 1. The maximum atomic E-state index is 14.8. The molecule has 1 fully saturated rings. The number of hydrogen-bond donors (Lipinski definition) is 1. The van der Waals surface area contributed by atoms with Crippen molar-refractivity contribution in [2.75, 3.05) is 12.4 Å². The lowest BCUT2D eigenvalue weighted by molar-refractivity contribution is 0.102. The number of aromatic nitrogens is 2. The minimum Gasteiger partial charge on any atom is -0.497 e. The lowest BCUT2D eigenvalue weighted by atomic mass is 10.2. The van der Waals surface area contributed by atoms with E-state index in [0.29, 0.717) is 22.4 Å². The van der Waals surface area contributed by atoms with Gasteiger partial charge in [0.05, 0.1) is 24.3 Å². The van der Waals surface area contributed by atoms with Crippen LogP contribution in [-0.4, -0.2) is 29.1 Å². The van der Waals surface area contributed by atoms with Crippen molar-refractivity contribution < 1.29 is 27.8 Å². The summed E-state index contributed by atoms with van der Waals surface area (Å²) in [5, 5.41) is 3.04. The molecule has 5 rings (SSSR count). The fourth-order valence-electron chi connectivity index (χ4n) is 3.38. The zero-order chi connectivity index (χ0) is 23.7. The second kappa shape index (κ2) is 8.93. The Morgan fingerprint density at radius 2 is 1.79 bits per heavy atom. The monoisotopic (exact) mass is 463 g/mol. The summed E-state index contributed by atoms with van der Waals surface area (Å²) in [6.07, 6.45) is 6.24. The molecule has 7 nitrogen and oxygen atoms in total. The summed E-state index contributed by atoms with van der Waals surface area (Å²) in [5.41, 5.74) is 0.648. The van der Waals surface area contributed by atoms with Crippen molar-refractivity contribution in [1.29, 1.82) is 0 Å². The topological polar surface area (TPSA) is 82.6 Å². The molecular weight excluding hydrogens is 444 g/mol. The molecule has 34 heavy (non-hydrogen) atoms. The van der Waals surface area contributed by atoms with Gasteiger partial charge in [0.25, 0.3) is 5.91 Å². The van der Waals surface area contributed by atoms with E-state index in [9.17, 15) is 13.6 Å². The van der Waals surface area contributed by atoms with E-state index in [1.165, 1.54) is 31.8 Å². The van der Waals surface area contributed by atoms with Crippen molar-refractivity contribution in [2.24, 2.45) is 0 Å². The lowest BCUT2D eigenvalue weighted by Gasteiger charge is -2.13. The third-order valence-electron chi connectivity index (χ3n) is 5.22. The second-order valence-corrected chi connectivity index (χ2v) is 7.71. The number of nitrogens with one attached hydrogen (secondary N) is 1. The largest absolute Gasteiger partial charge is 0.497 e. The average Bonchev–Trinajstić information content (AvgIpc) is 3.65. The van der Waals surface area contributed by atoms with Crippen LogP contribution in [0.1, 0.15) is 23.2 Å². The molecular formula is C25H19F2N3O4. The molecule has 1 N–H and O–H groups in total. The first-order chi connectivity index (χ1) is 16.5. The Morgan fingerprint density at radius 3 is 2.53 bits per heavy atom. The molecule has 172 valence electrons. The number of pyridine rings is 2. The van der Waals surface area contributed by atoms with Gasteiger partial charge in [-0.3, -0.25) is 14.8 Å². The van der Waals surface area contributed by atoms with E-state index in [1.54, 1.807) is 24.3 Å². The van der Waals surface area contributed by atoms with Gasteiger partial charge in [0.1, 0.15) is 17.2 Å². The van der Waals surface area contributed by atoms with E-state index in [1.807, 2.05) is 0 Å². The first-order valence-electron chi connectivity index (χ1n) is 10.5. The van der Waals surface area contributed by atoms with Gasteiger partial charge in [-0.2, -0.15) is 0 Å². The zero-order valence-corrected chi connectivity index (χ0v) is 18.0. The number of carbonyl (C=O) groups excluding carboxylic acids is 1. The smallest absolute Gasteiger partial charge is 0.261 e. The van der Waals surface area contributed by atoms with E-state index in [2.05, 4.69) is 15.3 Å². The Kier molecular flexibility index (Phi) is 5.67. The molecule has 1 saturated carbocycles. The molecule has 2 heterocycles. The van der Waals surface area contributed by atoms with E-state index in [-0.39, 0.29) is 23.1 Å². The van der Waals surface area contributed by atoms with Crippen molar-refractivity contribution in [2.45, 2.75) is 18.9 Å². The van der Waals surface area contributed by atoms with Gasteiger partial charge in [0, 0.05) is 47.9 Å². The van der Waals surface area contributed by atoms with Crippen LogP contribution in [0.15, 0.2) is 61.1 Å². The van der Waals surface area contributed by atoms with Crippen LogP contribution in [0, 0.1) is 11.6 Å². The van der Waals surface area contributed by atoms with Gasteiger partial charge in [0.15, 0.2) is 17.4 Å². The Hall–Kier alpha value is -4.27. The number of ether oxygens (including phenoxy) is 3. The van der Waals surface area contributed by atoms with E-state index in [4.69, 9.17) is 14.2 Å². The van der Waals surface area contributed by atoms with Gasteiger partial charge in [0.2, 0.25) is 0 Å². The number of amides is 1. The number of fused-ring (bicyclic) bond motifs is 1. The van der Waals surface area contributed by atoms with Gasteiger partial charge in [-0.1, -0.05) is 0 Å². The van der Waals surface area contributed by atoms with Crippen LogP contribution in [0.25, 0.3) is 10.9 Å². The van der Waals surface area contributed by atoms with Gasteiger partial charge in [-0.25, -0.2) is 8.78 Å². The van der Waals surface area contributed by atoms with Crippen LogP contribution >= 0.6 is 0 Å². The average molecular weight is 463 g/mol. The predicted molar refractivity (Wildman–Crippen MR) is 121 cm³/mol. The third-order valence-corrected chi connectivity index (χ3v) is 5.22. The minimum atomic E-state index is -0.977. The van der Waals surface area contributed by atoms with Crippen molar-refractivity contribution in [3.05, 3.63) is 78.3 Å². The number of hydrogen-bond acceptors (Lipinski definition) is 6. The SMILES string of the molecule is COc1ccc2c(Oc3c(F)cc(NC(=O)c4cnccc4OC4CC4)cc3F)ccnc2c1. The maximum Gasteiger partial charge on any atom is 0.261 e. The first kappa shape index (κ1) is 21.6. The molecule has 0 unspecified atom stereocenters. The molecule has 1 aliphatic rings. The summed E-state index contributed by atoms with van der Waals surface area (Å²) in [6.45, 7) is 0. The molecule has 0 aliphatic heterocycles. The Labute approximate surface area is 193 Å². The van der Waals surface area contributed by atoms with Crippen LogP contribution in [0.5, 0.6) is 23.0 Å². The van der Waals surface area contributed by atoms with Crippen molar-refractivity contribution in [1.82, 2.24) is 9.97 Å². The molecule has 2 aromatic heterocycles. The third kappa shape index (κ3) is 4.45. The highest BCUT2D eigenvalue weighted by atomic mass is 19.1. The zero-order valence-electron chi connectivity index (χ0n) is 18.0. The Bertz CT molecular complexity index is 1370. The molecule has 9 heteroatoms. The fourth-order valence-corrected chi connectivity index (χ4v) is 3.38. The summed E-state index contributed by atoms with van der Waals surface area (Å²) < 4.78 is 46.1.